The van der Waals surface area contributed by atoms with E-state index in [0.717, 1.165) is 32.0 Å². The zero-order chi connectivity index (χ0) is 15.9. The van der Waals surface area contributed by atoms with Crippen LogP contribution in [0.3, 0.4) is 0 Å². The number of aliphatic imine (C=N–C) groups is 1. The van der Waals surface area contributed by atoms with Gasteiger partial charge in [0.25, 0.3) is 0 Å². The van der Waals surface area contributed by atoms with E-state index in [-0.39, 0.29) is 36.3 Å². The van der Waals surface area contributed by atoms with Crippen LogP contribution in [0.5, 0.6) is 0 Å². The van der Waals surface area contributed by atoms with Crippen molar-refractivity contribution >= 4 is 29.9 Å². The van der Waals surface area contributed by atoms with Gasteiger partial charge in [-0.3, -0.25) is 0 Å². The van der Waals surface area contributed by atoms with Crippen molar-refractivity contribution in [3.63, 3.8) is 0 Å². The molecule has 1 aromatic carbocycles. The monoisotopic (exact) mass is 430 g/mol. The van der Waals surface area contributed by atoms with Crippen molar-refractivity contribution < 1.29 is 4.39 Å². The minimum atomic E-state index is -0.314. The van der Waals surface area contributed by atoms with E-state index in [1.54, 1.807) is 6.07 Å². The van der Waals surface area contributed by atoms with Gasteiger partial charge in [-0.05, 0) is 43.9 Å². The highest BCUT2D eigenvalue weighted by Crippen LogP contribution is 2.16. The Hall–Kier alpha value is -1.36. The quantitative estimate of drug-likeness (QED) is 0.454. The van der Waals surface area contributed by atoms with Crippen molar-refractivity contribution in [1.29, 1.82) is 5.26 Å². The van der Waals surface area contributed by atoms with E-state index in [0.29, 0.717) is 17.0 Å². The number of rotatable bonds is 3. The van der Waals surface area contributed by atoms with Gasteiger partial charge in [0, 0.05) is 25.2 Å². The summed E-state index contributed by atoms with van der Waals surface area (Å²) < 4.78 is 13.8. The van der Waals surface area contributed by atoms with Gasteiger partial charge in [0.2, 0.25) is 0 Å². The average Bonchev–Trinajstić information content (AvgIpc) is 2.52. The molecular formula is C17H24FIN4. The zero-order valence-electron chi connectivity index (χ0n) is 13.7. The Labute approximate surface area is 154 Å². The Morgan fingerprint density at radius 3 is 2.96 bits per heavy atom. The van der Waals surface area contributed by atoms with Crippen LogP contribution < -0.4 is 5.32 Å². The molecule has 0 aromatic heterocycles. The molecule has 0 amide bonds. The van der Waals surface area contributed by atoms with Crippen molar-refractivity contribution in [3.8, 4) is 6.07 Å². The molecule has 0 aliphatic carbocycles. The number of halogens is 2. The lowest BCUT2D eigenvalue weighted by molar-refractivity contribution is 0.266. The Kier molecular flexibility index (Phi) is 8.31. The maximum Gasteiger partial charge on any atom is 0.194 e. The minimum absolute atomic E-state index is 0. The molecule has 0 radical (unpaired) electrons. The van der Waals surface area contributed by atoms with Gasteiger partial charge in [0.1, 0.15) is 5.82 Å². The maximum absolute atomic E-state index is 13.8. The van der Waals surface area contributed by atoms with E-state index in [1.807, 2.05) is 13.0 Å². The van der Waals surface area contributed by atoms with Gasteiger partial charge in [0.05, 0.1) is 18.2 Å². The highest BCUT2D eigenvalue weighted by atomic mass is 127. The number of likely N-dealkylation sites (tertiary alicyclic amines) is 1. The molecule has 1 heterocycles. The number of piperidine rings is 1. The number of hydrogen-bond acceptors (Lipinski definition) is 2. The molecular weight excluding hydrogens is 406 g/mol. The van der Waals surface area contributed by atoms with E-state index in [9.17, 15) is 4.39 Å². The van der Waals surface area contributed by atoms with Crippen LogP contribution in [0.15, 0.2) is 23.2 Å². The molecule has 1 aliphatic heterocycles. The van der Waals surface area contributed by atoms with Crippen molar-refractivity contribution in [2.75, 3.05) is 19.6 Å². The fourth-order valence-electron chi connectivity index (χ4n) is 2.73. The first-order valence-corrected chi connectivity index (χ1v) is 7.85. The summed E-state index contributed by atoms with van der Waals surface area (Å²) in [7, 11) is 0. The molecule has 0 bridgehead atoms. The van der Waals surface area contributed by atoms with Crippen LogP contribution in [0, 0.1) is 23.1 Å². The van der Waals surface area contributed by atoms with Crippen LogP contribution >= 0.6 is 24.0 Å². The smallest absolute Gasteiger partial charge is 0.194 e. The van der Waals surface area contributed by atoms with Gasteiger partial charge in [-0.25, -0.2) is 9.38 Å². The van der Waals surface area contributed by atoms with Crippen LogP contribution in [-0.2, 0) is 6.54 Å². The normalized spacial score (nSPS) is 18.1. The molecule has 0 saturated carbocycles. The lowest BCUT2D eigenvalue weighted by atomic mass is 10.0. The third-order valence-corrected chi connectivity index (χ3v) is 3.87. The van der Waals surface area contributed by atoms with Crippen LogP contribution in [0.1, 0.15) is 37.8 Å². The van der Waals surface area contributed by atoms with Gasteiger partial charge >= 0.3 is 0 Å². The van der Waals surface area contributed by atoms with Gasteiger partial charge in [0.15, 0.2) is 5.96 Å². The second-order valence-electron chi connectivity index (χ2n) is 5.78. The first-order chi connectivity index (χ1) is 10.6. The summed E-state index contributed by atoms with van der Waals surface area (Å²) in [4.78, 5) is 6.80. The molecule has 2 rings (SSSR count). The second kappa shape index (κ2) is 9.71. The highest BCUT2D eigenvalue weighted by Gasteiger charge is 2.19. The van der Waals surface area contributed by atoms with Crippen molar-refractivity contribution in [2.24, 2.45) is 10.9 Å². The molecule has 1 fully saturated rings. The SMILES string of the molecule is CCNC(=NCc1cc(C#N)ccc1F)N1CCCC(C)C1.I. The van der Waals surface area contributed by atoms with E-state index < -0.39 is 0 Å². The van der Waals surface area contributed by atoms with Gasteiger partial charge in [-0.15, -0.1) is 24.0 Å². The minimum Gasteiger partial charge on any atom is -0.357 e. The average molecular weight is 430 g/mol. The molecule has 6 heteroatoms. The van der Waals surface area contributed by atoms with Crippen LogP contribution in [0.25, 0.3) is 0 Å². The number of benzene rings is 1. The number of nitriles is 1. The van der Waals surface area contributed by atoms with Crippen molar-refractivity contribution in [1.82, 2.24) is 10.2 Å². The largest absolute Gasteiger partial charge is 0.357 e. The third kappa shape index (κ3) is 5.65. The summed E-state index contributed by atoms with van der Waals surface area (Å²) in [5.41, 5.74) is 0.919. The molecule has 23 heavy (non-hydrogen) atoms. The fourth-order valence-corrected chi connectivity index (χ4v) is 2.73. The third-order valence-electron chi connectivity index (χ3n) is 3.87. The Balaban J connectivity index is 0.00000264. The van der Waals surface area contributed by atoms with Gasteiger partial charge in [-0.1, -0.05) is 6.92 Å². The predicted molar refractivity (Wildman–Crippen MR) is 101 cm³/mol. The molecule has 1 aliphatic rings. The number of guanidine groups is 1. The summed E-state index contributed by atoms with van der Waals surface area (Å²) in [6.45, 7) is 7.26. The van der Waals surface area contributed by atoms with Crippen LogP contribution in [-0.4, -0.2) is 30.5 Å². The van der Waals surface area contributed by atoms with Gasteiger partial charge < -0.3 is 10.2 Å². The number of nitrogens with one attached hydrogen (secondary N) is 1. The Morgan fingerprint density at radius 2 is 2.30 bits per heavy atom. The summed E-state index contributed by atoms with van der Waals surface area (Å²) >= 11 is 0. The summed E-state index contributed by atoms with van der Waals surface area (Å²) in [5, 5.41) is 12.2. The van der Waals surface area contributed by atoms with E-state index in [4.69, 9.17) is 5.26 Å². The molecule has 1 atom stereocenters. The number of hydrogen-bond donors (Lipinski definition) is 1. The van der Waals surface area contributed by atoms with Crippen LogP contribution in [0.2, 0.25) is 0 Å². The van der Waals surface area contributed by atoms with E-state index in [2.05, 4.69) is 22.1 Å². The number of nitrogens with zero attached hydrogens (tertiary/aromatic N) is 3. The first-order valence-electron chi connectivity index (χ1n) is 7.85. The molecule has 1 N–H and O–H groups in total. The summed E-state index contributed by atoms with van der Waals surface area (Å²) in [6, 6.07) is 6.42. The predicted octanol–water partition coefficient (Wildman–Crippen LogP) is 3.51. The van der Waals surface area contributed by atoms with Gasteiger partial charge in [-0.2, -0.15) is 5.26 Å². The Morgan fingerprint density at radius 1 is 1.52 bits per heavy atom. The molecule has 1 saturated heterocycles. The maximum atomic E-state index is 13.8. The first kappa shape index (κ1) is 19.7. The molecule has 126 valence electrons. The lowest BCUT2D eigenvalue weighted by Crippen LogP contribution is -2.46. The standard InChI is InChI=1S/C17H23FN4.HI/c1-3-20-17(22-8-4-5-13(2)12-22)21-11-15-9-14(10-19)6-7-16(15)18;/h6-7,9,13H,3-5,8,11-12H2,1-2H3,(H,20,21);1H. The lowest BCUT2D eigenvalue weighted by Gasteiger charge is -2.33. The van der Waals surface area contributed by atoms with E-state index >= 15 is 0 Å². The highest BCUT2D eigenvalue weighted by molar-refractivity contribution is 14.0. The molecule has 0 spiro atoms. The molecule has 4 nitrogen and oxygen atoms in total. The molecule has 1 aromatic rings. The molecule has 1 unspecified atom stereocenters. The summed E-state index contributed by atoms with van der Waals surface area (Å²) in [5.74, 6) is 1.16. The zero-order valence-corrected chi connectivity index (χ0v) is 16.0. The second-order valence-corrected chi connectivity index (χ2v) is 5.78. The topological polar surface area (TPSA) is 51.4 Å². The fraction of sp³-hybridized carbons (Fsp3) is 0.529. The van der Waals surface area contributed by atoms with Crippen molar-refractivity contribution in [2.45, 2.75) is 33.2 Å². The summed E-state index contributed by atoms with van der Waals surface area (Å²) in [6.07, 6.45) is 2.40. The van der Waals surface area contributed by atoms with Crippen molar-refractivity contribution in [3.05, 3.63) is 35.1 Å². The Bertz CT molecular complexity index is 582. The van der Waals surface area contributed by atoms with E-state index in [1.165, 1.54) is 18.6 Å². The van der Waals surface area contributed by atoms with Crippen LogP contribution in [0.4, 0.5) is 4.39 Å².